The van der Waals surface area contributed by atoms with Crippen molar-refractivity contribution in [1.29, 1.82) is 0 Å². The quantitative estimate of drug-likeness (QED) is 0.497. The van der Waals surface area contributed by atoms with Gasteiger partial charge in [-0.3, -0.25) is 4.79 Å². The minimum absolute atomic E-state index is 0.0509. The zero-order valence-electron chi connectivity index (χ0n) is 5.59. The van der Waals surface area contributed by atoms with Gasteiger partial charge in [0.15, 0.2) is 0 Å². The fourth-order valence-electron chi connectivity index (χ4n) is 0.667. The van der Waals surface area contributed by atoms with Crippen molar-refractivity contribution >= 4 is 0 Å². The Morgan fingerprint density at radius 2 is 2.11 bits per heavy atom. The van der Waals surface area contributed by atoms with Crippen molar-refractivity contribution in [3.8, 4) is 0 Å². The molecule has 0 bridgehead atoms. The van der Waals surface area contributed by atoms with Crippen LogP contribution in [0.15, 0.2) is 23.0 Å². The lowest BCUT2D eigenvalue weighted by Gasteiger charge is -1.98. The molecule has 0 unspecified atom stereocenters. The topological polar surface area (TPSA) is 22.0 Å². The molecule has 2 heteroatoms. The van der Waals surface area contributed by atoms with Crippen molar-refractivity contribution in [2.45, 2.75) is 6.92 Å². The molecule has 0 aliphatic rings. The number of pyridine rings is 1. The molecule has 0 aromatic carbocycles. The van der Waals surface area contributed by atoms with Crippen LogP contribution in [0.4, 0.5) is 0 Å². The Balaban J connectivity index is 3.43. The van der Waals surface area contributed by atoms with Crippen LogP contribution < -0.4 is 5.56 Å². The second-order valence-electron chi connectivity index (χ2n) is 2.06. The zero-order valence-corrected chi connectivity index (χ0v) is 5.59. The molecule has 0 aliphatic heterocycles. The molecule has 0 atom stereocenters. The normalized spacial score (nSPS) is 9.56. The molecule has 0 spiro atoms. The van der Waals surface area contributed by atoms with Crippen molar-refractivity contribution in [1.82, 2.24) is 4.57 Å². The van der Waals surface area contributed by atoms with Gasteiger partial charge in [0.05, 0.1) is 0 Å². The molecule has 0 saturated heterocycles. The monoisotopic (exact) mass is 123 g/mol. The number of hydrogen-bond donors (Lipinski definition) is 0. The third kappa shape index (κ3) is 1.02. The van der Waals surface area contributed by atoms with E-state index in [1.54, 1.807) is 23.7 Å². The largest absolute Gasteiger partial charge is 0.316 e. The van der Waals surface area contributed by atoms with Gasteiger partial charge in [-0.15, -0.1) is 0 Å². The van der Waals surface area contributed by atoms with Gasteiger partial charge in [-0.05, 0) is 13.0 Å². The number of nitrogens with zero attached hydrogens (tertiary/aromatic N) is 1. The summed E-state index contributed by atoms with van der Waals surface area (Å²) in [5, 5.41) is 0. The summed E-state index contributed by atoms with van der Waals surface area (Å²) >= 11 is 0. The first-order valence-electron chi connectivity index (χ1n) is 2.84. The van der Waals surface area contributed by atoms with Crippen LogP contribution in [0.1, 0.15) is 5.69 Å². The van der Waals surface area contributed by atoms with E-state index in [0.717, 1.165) is 5.69 Å². The highest BCUT2D eigenvalue weighted by Gasteiger charge is 1.88. The van der Waals surface area contributed by atoms with E-state index in [1.165, 1.54) is 0 Å². The van der Waals surface area contributed by atoms with Gasteiger partial charge in [-0.1, -0.05) is 6.07 Å². The molecule has 1 rings (SSSR count). The van der Waals surface area contributed by atoms with Crippen molar-refractivity contribution in [3.05, 3.63) is 34.2 Å². The highest BCUT2D eigenvalue weighted by atomic mass is 16.1. The van der Waals surface area contributed by atoms with E-state index in [2.05, 4.69) is 0 Å². The van der Waals surface area contributed by atoms with Gasteiger partial charge in [0.25, 0.3) is 0 Å². The Hall–Kier alpha value is -1.05. The average molecular weight is 123 g/mol. The Morgan fingerprint density at radius 1 is 1.44 bits per heavy atom. The summed E-state index contributed by atoms with van der Waals surface area (Å²) in [5.41, 5.74) is 1.04. The standard InChI is InChI=1S/C7H9NO/c1-6-4-3-5-7(9)8(6)2/h3-5H,1-2H3. The Bertz CT molecular complexity index is 262. The van der Waals surface area contributed by atoms with Gasteiger partial charge >= 0.3 is 0 Å². The predicted molar refractivity (Wildman–Crippen MR) is 36.4 cm³/mol. The minimum atomic E-state index is 0.0509. The van der Waals surface area contributed by atoms with Crippen LogP contribution >= 0.6 is 0 Å². The van der Waals surface area contributed by atoms with E-state index in [-0.39, 0.29) is 5.56 Å². The SMILES string of the molecule is Cc1cccc(=O)n1C. The lowest BCUT2D eigenvalue weighted by Crippen LogP contribution is -2.16. The summed E-state index contributed by atoms with van der Waals surface area (Å²) in [7, 11) is 1.76. The summed E-state index contributed by atoms with van der Waals surface area (Å²) in [6, 6.07) is 5.21. The Labute approximate surface area is 53.8 Å². The third-order valence-electron chi connectivity index (χ3n) is 1.44. The van der Waals surface area contributed by atoms with E-state index in [0.29, 0.717) is 0 Å². The van der Waals surface area contributed by atoms with Gasteiger partial charge in [-0.2, -0.15) is 0 Å². The zero-order chi connectivity index (χ0) is 6.85. The van der Waals surface area contributed by atoms with Crippen molar-refractivity contribution in [2.75, 3.05) is 0 Å². The fraction of sp³-hybridized carbons (Fsp3) is 0.286. The summed E-state index contributed by atoms with van der Waals surface area (Å²) in [6.45, 7) is 1.90. The lowest BCUT2D eigenvalue weighted by molar-refractivity contribution is 0.818. The van der Waals surface area contributed by atoms with E-state index in [9.17, 15) is 4.79 Å². The van der Waals surface area contributed by atoms with E-state index >= 15 is 0 Å². The first kappa shape index (κ1) is 6.08. The second kappa shape index (κ2) is 2.05. The lowest BCUT2D eigenvalue weighted by atomic mass is 10.4. The molecule has 0 saturated carbocycles. The molecule has 1 aromatic rings. The van der Waals surface area contributed by atoms with Crippen LogP contribution in [-0.2, 0) is 7.05 Å². The first-order valence-corrected chi connectivity index (χ1v) is 2.84. The van der Waals surface area contributed by atoms with Crippen LogP contribution in [0.3, 0.4) is 0 Å². The predicted octanol–water partition coefficient (Wildman–Crippen LogP) is 0.694. The van der Waals surface area contributed by atoms with Gasteiger partial charge in [0.2, 0.25) is 5.56 Å². The van der Waals surface area contributed by atoms with Crippen LogP contribution in [0.25, 0.3) is 0 Å². The molecule has 1 heterocycles. The maximum atomic E-state index is 10.8. The summed E-state index contributed by atoms with van der Waals surface area (Å²) in [4.78, 5) is 10.8. The molecule has 9 heavy (non-hydrogen) atoms. The minimum Gasteiger partial charge on any atom is -0.316 e. The number of aryl methyl sites for hydroxylation is 1. The molecule has 0 amide bonds. The van der Waals surface area contributed by atoms with Gasteiger partial charge in [0.1, 0.15) is 0 Å². The maximum absolute atomic E-state index is 10.8. The van der Waals surface area contributed by atoms with Gasteiger partial charge < -0.3 is 4.57 Å². The van der Waals surface area contributed by atoms with Gasteiger partial charge in [-0.25, -0.2) is 0 Å². The molecule has 0 fully saturated rings. The average Bonchev–Trinajstić information content (AvgIpc) is 1.83. The number of rotatable bonds is 0. The Kier molecular flexibility index (Phi) is 1.39. The molecular formula is C7H9NO. The molecule has 2 nitrogen and oxygen atoms in total. The van der Waals surface area contributed by atoms with Crippen LogP contribution in [0, 0.1) is 6.92 Å². The fourth-order valence-corrected chi connectivity index (χ4v) is 0.667. The summed E-state index contributed by atoms with van der Waals surface area (Å²) in [6.07, 6.45) is 0. The van der Waals surface area contributed by atoms with Crippen LogP contribution in [0.5, 0.6) is 0 Å². The summed E-state index contributed by atoms with van der Waals surface area (Å²) < 4.78 is 1.61. The highest BCUT2D eigenvalue weighted by Crippen LogP contribution is 1.87. The van der Waals surface area contributed by atoms with E-state index in [4.69, 9.17) is 0 Å². The molecule has 1 aromatic heterocycles. The van der Waals surface area contributed by atoms with Crippen molar-refractivity contribution < 1.29 is 0 Å². The van der Waals surface area contributed by atoms with E-state index in [1.807, 2.05) is 13.0 Å². The number of aromatic nitrogens is 1. The van der Waals surface area contributed by atoms with Crippen molar-refractivity contribution in [3.63, 3.8) is 0 Å². The van der Waals surface area contributed by atoms with Crippen molar-refractivity contribution in [2.24, 2.45) is 7.05 Å². The molecule has 0 radical (unpaired) electrons. The molecule has 48 valence electrons. The van der Waals surface area contributed by atoms with Gasteiger partial charge in [0, 0.05) is 18.8 Å². The smallest absolute Gasteiger partial charge is 0.250 e. The van der Waals surface area contributed by atoms with Crippen LogP contribution in [-0.4, -0.2) is 4.57 Å². The van der Waals surface area contributed by atoms with E-state index < -0.39 is 0 Å². The second-order valence-corrected chi connectivity index (χ2v) is 2.06. The first-order chi connectivity index (χ1) is 4.22. The molecule has 0 N–H and O–H groups in total. The highest BCUT2D eigenvalue weighted by molar-refractivity contribution is 5.03. The molecular weight excluding hydrogens is 114 g/mol. The van der Waals surface area contributed by atoms with Crippen LogP contribution in [0.2, 0.25) is 0 Å². The Morgan fingerprint density at radius 3 is 2.56 bits per heavy atom. The maximum Gasteiger partial charge on any atom is 0.250 e. The summed E-state index contributed by atoms with van der Waals surface area (Å²) in [5.74, 6) is 0. The number of hydrogen-bond acceptors (Lipinski definition) is 1. The third-order valence-corrected chi connectivity index (χ3v) is 1.44. The molecule has 0 aliphatic carbocycles.